The average Bonchev–Trinajstić information content (AvgIpc) is 3.08. The van der Waals surface area contributed by atoms with Gasteiger partial charge >= 0.3 is 0 Å². The standard InChI is InChI=1S/C22H25N3O3/c1-3-7-17-10-11-20(21(14-17)27-2)28-13-6-12-25-19-9-5-4-8-18(19)24-22(25)15-23-16-26/h3-5,7-11,14,16H,6,12-13,15H2,1-2H3,(H,23,26). The van der Waals surface area contributed by atoms with Crippen molar-refractivity contribution in [1.29, 1.82) is 0 Å². The molecule has 0 spiro atoms. The molecule has 1 aromatic heterocycles. The monoisotopic (exact) mass is 379 g/mol. The van der Waals surface area contributed by atoms with Gasteiger partial charge in [0.25, 0.3) is 0 Å². The molecule has 0 bridgehead atoms. The van der Waals surface area contributed by atoms with Crippen molar-refractivity contribution in [2.24, 2.45) is 0 Å². The molecular weight excluding hydrogens is 354 g/mol. The first-order valence-electron chi connectivity index (χ1n) is 9.31. The largest absolute Gasteiger partial charge is 0.493 e. The number of allylic oxidation sites excluding steroid dienone is 1. The van der Waals surface area contributed by atoms with Crippen molar-refractivity contribution in [2.45, 2.75) is 26.4 Å². The van der Waals surface area contributed by atoms with Gasteiger partial charge in [0.1, 0.15) is 5.82 Å². The number of aryl methyl sites for hydroxylation is 1. The fourth-order valence-electron chi connectivity index (χ4n) is 3.15. The Morgan fingerprint density at radius 2 is 2.04 bits per heavy atom. The summed E-state index contributed by atoms with van der Waals surface area (Å²) in [4.78, 5) is 15.3. The van der Waals surface area contributed by atoms with E-state index in [1.54, 1.807) is 7.11 Å². The van der Waals surface area contributed by atoms with Crippen LogP contribution >= 0.6 is 0 Å². The van der Waals surface area contributed by atoms with Crippen LogP contribution in [0, 0.1) is 0 Å². The number of rotatable bonds is 10. The lowest BCUT2D eigenvalue weighted by Crippen LogP contribution is -2.16. The average molecular weight is 379 g/mol. The molecule has 6 heteroatoms. The third-order valence-electron chi connectivity index (χ3n) is 4.41. The first-order chi connectivity index (χ1) is 13.8. The first kappa shape index (κ1) is 19.5. The second kappa shape index (κ2) is 9.60. The van der Waals surface area contributed by atoms with Crippen molar-refractivity contribution >= 4 is 23.5 Å². The number of benzene rings is 2. The van der Waals surface area contributed by atoms with E-state index in [2.05, 4.69) is 14.9 Å². The zero-order valence-corrected chi connectivity index (χ0v) is 16.2. The van der Waals surface area contributed by atoms with Crippen molar-refractivity contribution < 1.29 is 14.3 Å². The van der Waals surface area contributed by atoms with Crippen LogP contribution in [0.5, 0.6) is 11.5 Å². The molecule has 0 unspecified atom stereocenters. The molecule has 0 aliphatic rings. The number of nitrogens with one attached hydrogen (secondary N) is 1. The van der Waals surface area contributed by atoms with E-state index in [1.165, 1.54) is 0 Å². The van der Waals surface area contributed by atoms with E-state index in [0.717, 1.165) is 46.9 Å². The molecule has 0 saturated carbocycles. The number of fused-ring (bicyclic) bond motifs is 1. The zero-order valence-electron chi connectivity index (χ0n) is 16.2. The fourth-order valence-corrected chi connectivity index (χ4v) is 3.15. The molecule has 3 rings (SSSR count). The number of nitrogens with zero attached hydrogens (tertiary/aromatic N) is 2. The molecule has 0 aliphatic heterocycles. The Bertz CT molecular complexity index is 963. The molecule has 1 N–H and O–H groups in total. The van der Waals surface area contributed by atoms with Gasteiger partial charge in [-0.25, -0.2) is 4.98 Å². The third-order valence-corrected chi connectivity index (χ3v) is 4.41. The van der Waals surface area contributed by atoms with Crippen LogP contribution < -0.4 is 14.8 Å². The molecular formula is C22H25N3O3. The lowest BCUT2D eigenvalue weighted by atomic mass is 10.2. The highest BCUT2D eigenvalue weighted by atomic mass is 16.5. The Morgan fingerprint density at radius 1 is 1.18 bits per heavy atom. The highest BCUT2D eigenvalue weighted by molar-refractivity contribution is 5.76. The molecule has 1 amide bonds. The molecule has 0 aliphatic carbocycles. The second-order valence-corrected chi connectivity index (χ2v) is 6.28. The van der Waals surface area contributed by atoms with Crippen LogP contribution in [0.15, 0.2) is 48.5 Å². The van der Waals surface area contributed by atoms with Gasteiger partial charge in [-0.1, -0.05) is 30.4 Å². The number of hydrogen-bond acceptors (Lipinski definition) is 4. The van der Waals surface area contributed by atoms with E-state index in [1.807, 2.05) is 61.5 Å². The molecule has 1 heterocycles. The zero-order chi connectivity index (χ0) is 19.8. The highest BCUT2D eigenvalue weighted by Gasteiger charge is 2.10. The second-order valence-electron chi connectivity index (χ2n) is 6.28. The fraction of sp³-hybridized carbons (Fsp3) is 0.273. The van der Waals surface area contributed by atoms with Gasteiger partial charge in [-0.15, -0.1) is 0 Å². The van der Waals surface area contributed by atoms with Crippen molar-refractivity contribution in [3.05, 3.63) is 59.9 Å². The molecule has 2 aromatic carbocycles. The molecule has 0 atom stereocenters. The summed E-state index contributed by atoms with van der Waals surface area (Å²) in [6.45, 7) is 3.68. The number of carbonyl (C=O) groups excluding carboxylic acids is 1. The van der Waals surface area contributed by atoms with Gasteiger partial charge in [0.05, 0.1) is 31.3 Å². The minimum atomic E-state index is 0.402. The number of ether oxygens (including phenoxy) is 2. The number of para-hydroxylation sites is 2. The normalized spacial score (nSPS) is 11.1. The maximum Gasteiger partial charge on any atom is 0.207 e. The van der Waals surface area contributed by atoms with Crippen LogP contribution in [0.3, 0.4) is 0 Å². The van der Waals surface area contributed by atoms with Gasteiger partial charge in [-0.05, 0) is 43.2 Å². The maximum absolute atomic E-state index is 10.7. The van der Waals surface area contributed by atoms with Crippen molar-refractivity contribution in [1.82, 2.24) is 14.9 Å². The summed E-state index contributed by atoms with van der Waals surface area (Å²) < 4.78 is 13.5. The van der Waals surface area contributed by atoms with E-state index in [-0.39, 0.29) is 0 Å². The molecule has 28 heavy (non-hydrogen) atoms. The van der Waals surface area contributed by atoms with Crippen LogP contribution in [0.2, 0.25) is 0 Å². The minimum Gasteiger partial charge on any atom is -0.493 e. The van der Waals surface area contributed by atoms with Crippen molar-refractivity contribution in [3.63, 3.8) is 0 Å². The van der Waals surface area contributed by atoms with Gasteiger partial charge in [-0.3, -0.25) is 4.79 Å². The summed E-state index contributed by atoms with van der Waals surface area (Å²) in [6, 6.07) is 13.9. The van der Waals surface area contributed by atoms with E-state index < -0.39 is 0 Å². The number of amides is 1. The van der Waals surface area contributed by atoms with Gasteiger partial charge in [0.2, 0.25) is 6.41 Å². The smallest absolute Gasteiger partial charge is 0.207 e. The van der Waals surface area contributed by atoms with Crippen LogP contribution in [-0.4, -0.2) is 29.7 Å². The quantitative estimate of drug-likeness (QED) is 0.430. The van der Waals surface area contributed by atoms with Gasteiger partial charge in [0.15, 0.2) is 11.5 Å². The summed E-state index contributed by atoms with van der Waals surface area (Å²) >= 11 is 0. The Labute approximate surface area is 164 Å². The molecule has 146 valence electrons. The maximum atomic E-state index is 10.7. The predicted octanol–water partition coefficient (Wildman–Crippen LogP) is 3.79. The molecule has 3 aromatic rings. The van der Waals surface area contributed by atoms with E-state index >= 15 is 0 Å². The number of imidazole rings is 1. The van der Waals surface area contributed by atoms with Crippen LogP contribution in [0.1, 0.15) is 24.7 Å². The highest BCUT2D eigenvalue weighted by Crippen LogP contribution is 2.28. The molecule has 0 saturated heterocycles. The van der Waals surface area contributed by atoms with Gasteiger partial charge in [0, 0.05) is 6.54 Å². The summed E-state index contributed by atoms with van der Waals surface area (Å²) in [5.41, 5.74) is 3.05. The summed E-state index contributed by atoms with van der Waals surface area (Å²) in [7, 11) is 1.64. The van der Waals surface area contributed by atoms with Gasteiger partial charge in [-0.2, -0.15) is 0 Å². The first-order valence-corrected chi connectivity index (χ1v) is 9.31. The minimum absolute atomic E-state index is 0.402. The lowest BCUT2D eigenvalue weighted by Gasteiger charge is -2.13. The van der Waals surface area contributed by atoms with Crippen molar-refractivity contribution in [2.75, 3.05) is 13.7 Å². The SMILES string of the molecule is CC=Cc1ccc(OCCCn2c(CNC=O)nc3ccccc32)c(OC)c1. The van der Waals surface area contributed by atoms with E-state index in [9.17, 15) is 4.79 Å². The Hall–Kier alpha value is -3.28. The number of aromatic nitrogens is 2. The summed E-state index contributed by atoms with van der Waals surface area (Å²) in [5.74, 6) is 2.29. The molecule has 0 fully saturated rings. The van der Waals surface area contributed by atoms with Crippen LogP contribution in [0.25, 0.3) is 17.1 Å². The third kappa shape index (κ3) is 4.52. The van der Waals surface area contributed by atoms with E-state index in [0.29, 0.717) is 19.6 Å². The predicted molar refractivity (Wildman–Crippen MR) is 110 cm³/mol. The molecule has 6 nitrogen and oxygen atoms in total. The number of carbonyl (C=O) groups is 1. The number of hydrogen-bond donors (Lipinski definition) is 1. The van der Waals surface area contributed by atoms with Crippen molar-refractivity contribution in [3.8, 4) is 11.5 Å². The van der Waals surface area contributed by atoms with Gasteiger partial charge < -0.3 is 19.4 Å². The topological polar surface area (TPSA) is 65.4 Å². The van der Waals surface area contributed by atoms with Crippen LogP contribution in [0.4, 0.5) is 0 Å². The summed E-state index contributed by atoms with van der Waals surface area (Å²) in [5, 5.41) is 2.70. The Balaban J connectivity index is 1.66. The van der Waals surface area contributed by atoms with E-state index in [4.69, 9.17) is 9.47 Å². The lowest BCUT2D eigenvalue weighted by molar-refractivity contribution is -0.109. The van der Waals surface area contributed by atoms with Crippen LogP contribution in [-0.2, 0) is 17.9 Å². The Kier molecular flexibility index (Phi) is 6.68. The summed E-state index contributed by atoms with van der Waals surface area (Å²) in [6.07, 6.45) is 5.50. The molecule has 0 radical (unpaired) electrons. The Morgan fingerprint density at radius 3 is 2.82 bits per heavy atom. The number of methoxy groups -OCH3 is 1.